The molecule has 1 aromatic carbocycles. The molecule has 4 nitrogen and oxygen atoms in total. The fraction of sp³-hybridized carbons (Fsp3) is 0.412. The minimum absolute atomic E-state index is 0.180. The zero-order valence-electron chi connectivity index (χ0n) is 13.4. The topological polar surface area (TPSA) is 36.4 Å². The van der Waals surface area contributed by atoms with Gasteiger partial charge in [-0.3, -0.25) is 4.79 Å². The number of thioether (sulfide) groups is 1. The van der Waals surface area contributed by atoms with Gasteiger partial charge in [-0.05, 0) is 18.1 Å². The zero-order chi connectivity index (χ0) is 16.2. The molecule has 0 spiro atoms. The Balaban J connectivity index is 1.71. The lowest BCUT2D eigenvalue weighted by Gasteiger charge is -2.24. The Labute approximate surface area is 145 Å². The lowest BCUT2D eigenvalue weighted by Crippen LogP contribution is -2.36. The highest BCUT2D eigenvalue weighted by Crippen LogP contribution is 2.33. The molecule has 0 saturated carbocycles. The number of hydrogen-bond acceptors (Lipinski definition) is 5. The van der Waals surface area contributed by atoms with Crippen LogP contribution in [0.25, 0.3) is 0 Å². The molecule has 0 fully saturated rings. The molecule has 2 aromatic rings. The number of hydrogen-bond donors (Lipinski definition) is 0. The molecule has 1 aromatic heterocycles. The molecule has 1 aliphatic rings. The van der Waals surface area contributed by atoms with Gasteiger partial charge in [0.2, 0.25) is 5.91 Å². The first-order valence-electron chi connectivity index (χ1n) is 7.70. The minimum atomic E-state index is 0.180. The summed E-state index contributed by atoms with van der Waals surface area (Å²) in [5.74, 6) is 1.90. The van der Waals surface area contributed by atoms with E-state index >= 15 is 0 Å². The maximum absolute atomic E-state index is 12.8. The van der Waals surface area contributed by atoms with Gasteiger partial charge in [-0.2, -0.15) is 0 Å². The molecule has 1 amide bonds. The van der Waals surface area contributed by atoms with Crippen LogP contribution >= 0.6 is 23.1 Å². The number of amides is 1. The quantitative estimate of drug-likeness (QED) is 0.848. The van der Waals surface area contributed by atoms with Crippen LogP contribution in [0.4, 0.5) is 11.4 Å². The van der Waals surface area contributed by atoms with Gasteiger partial charge >= 0.3 is 0 Å². The Morgan fingerprint density at radius 2 is 2.13 bits per heavy atom. The first kappa shape index (κ1) is 16.3. The Hall–Kier alpha value is -1.53. The van der Waals surface area contributed by atoms with E-state index in [2.05, 4.69) is 29.9 Å². The van der Waals surface area contributed by atoms with Crippen LogP contribution in [0.1, 0.15) is 12.6 Å². The molecule has 0 aliphatic carbocycles. The van der Waals surface area contributed by atoms with Crippen molar-refractivity contribution in [2.75, 3.05) is 35.7 Å². The molecule has 1 atom stereocenters. The van der Waals surface area contributed by atoms with Crippen molar-refractivity contribution in [2.45, 2.75) is 12.7 Å². The average molecular weight is 348 g/mol. The maximum atomic E-state index is 12.8. The monoisotopic (exact) mass is 347 g/mol. The van der Waals surface area contributed by atoms with Gasteiger partial charge in [0.05, 0.1) is 28.3 Å². The van der Waals surface area contributed by atoms with Gasteiger partial charge in [0.1, 0.15) is 0 Å². The number of thiazole rings is 1. The Morgan fingerprint density at radius 3 is 2.87 bits per heavy atom. The second kappa shape index (κ2) is 7.36. The first-order chi connectivity index (χ1) is 11.1. The van der Waals surface area contributed by atoms with E-state index in [0.29, 0.717) is 11.7 Å². The van der Waals surface area contributed by atoms with Crippen molar-refractivity contribution < 1.29 is 4.79 Å². The van der Waals surface area contributed by atoms with Gasteiger partial charge in [0.15, 0.2) is 0 Å². The number of nitrogens with zero attached hydrogens (tertiary/aromatic N) is 3. The fourth-order valence-corrected chi connectivity index (χ4v) is 4.38. The molecule has 0 N–H and O–H groups in total. The third kappa shape index (κ3) is 3.87. The molecule has 0 saturated heterocycles. The van der Waals surface area contributed by atoms with Crippen LogP contribution in [0.5, 0.6) is 0 Å². The average Bonchev–Trinajstić information content (AvgIpc) is 3.01. The van der Waals surface area contributed by atoms with Crippen molar-refractivity contribution in [3.05, 3.63) is 40.8 Å². The second-order valence-corrected chi connectivity index (χ2v) is 7.66. The summed E-state index contributed by atoms with van der Waals surface area (Å²) in [6, 6.07) is 8.18. The number of carbonyl (C=O) groups is 1. The van der Waals surface area contributed by atoms with Gasteiger partial charge in [0, 0.05) is 31.3 Å². The molecule has 122 valence electrons. The molecule has 0 radical (unpaired) electrons. The standard InChI is InChI=1S/C17H21N3OS2/c1-13-7-19(2)15-5-3-4-6-16(15)20(8-13)17(21)11-22-9-14-10-23-12-18-14/h3-6,10,12-13H,7-9,11H2,1-2H3/t13-/m0/s1. The van der Waals surface area contributed by atoms with Crippen LogP contribution in [-0.2, 0) is 10.5 Å². The van der Waals surface area contributed by atoms with E-state index < -0.39 is 0 Å². The smallest absolute Gasteiger partial charge is 0.237 e. The van der Waals surface area contributed by atoms with Gasteiger partial charge in [-0.15, -0.1) is 23.1 Å². The van der Waals surface area contributed by atoms with Crippen molar-refractivity contribution in [1.82, 2.24) is 4.98 Å². The van der Waals surface area contributed by atoms with E-state index in [4.69, 9.17) is 0 Å². The molecule has 2 heterocycles. The van der Waals surface area contributed by atoms with E-state index in [9.17, 15) is 4.79 Å². The third-order valence-electron chi connectivity index (χ3n) is 3.92. The summed E-state index contributed by atoms with van der Waals surface area (Å²) >= 11 is 3.23. The number of benzene rings is 1. The van der Waals surface area contributed by atoms with Crippen LogP contribution in [0, 0.1) is 5.92 Å². The van der Waals surface area contributed by atoms with Crippen molar-refractivity contribution >= 4 is 40.4 Å². The van der Waals surface area contributed by atoms with Gasteiger partial charge < -0.3 is 9.80 Å². The summed E-state index contributed by atoms with van der Waals surface area (Å²) in [4.78, 5) is 21.2. The zero-order valence-corrected chi connectivity index (χ0v) is 15.1. The molecular weight excluding hydrogens is 326 g/mol. The largest absolute Gasteiger partial charge is 0.373 e. The number of fused-ring (bicyclic) bond motifs is 1. The predicted octanol–water partition coefficient (Wildman–Crippen LogP) is 3.50. The molecule has 3 rings (SSSR count). The number of rotatable bonds is 4. The summed E-state index contributed by atoms with van der Waals surface area (Å²) in [7, 11) is 2.10. The SMILES string of the molecule is C[C@H]1CN(C)c2ccccc2N(C(=O)CSCc2cscn2)C1. The van der Waals surface area contributed by atoms with Crippen molar-refractivity contribution in [1.29, 1.82) is 0 Å². The molecule has 1 aliphatic heterocycles. The lowest BCUT2D eigenvalue weighted by atomic mass is 10.1. The van der Waals surface area contributed by atoms with Crippen molar-refractivity contribution in [3.63, 3.8) is 0 Å². The molecule has 0 unspecified atom stereocenters. The van der Waals surface area contributed by atoms with Gasteiger partial charge in [0.25, 0.3) is 0 Å². The van der Waals surface area contributed by atoms with Crippen LogP contribution in [0.3, 0.4) is 0 Å². The molecule has 6 heteroatoms. The van der Waals surface area contributed by atoms with Crippen LogP contribution in [0.2, 0.25) is 0 Å². The molecular formula is C17H21N3OS2. The Bertz CT molecular complexity index is 660. The number of carbonyl (C=O) groups excluding carboxylic acids is 1. The third-order valence-corrected chi connectivity index (χ3v) is 5.51. The molecule has 0 bridgehead atoms. The highest BCUT2D eigenvalue weighted by molar-refractivity contribution is 7.99. The van der Waals surface area contributed by atoms with Crippen LogP contribution in [-0.4, -0.2) is 36.8 Å². The lowest BCUT2D eigenvalue weighted by molar-refractivity contribution is -0.116. The summed E-state index contributed by atoms with van der Waals surface area (Å²) in [6.45, 7) is 3.94. The van der Waals surface area contributed by atoms with E-state index in [-0.39, 0.29) is 5.91 Å². The highest BCUT2D eigenvalue weighted by atomic mass is 32.2. The van der Waals surface area contributed by atoms with Crippen LogP contribution in [0.15, 0.2) is 35.2 Å². The summed E-state index contributed by atoms with van der Waals surface area (Å²) in [6.07, 6.45) is 0. The van der Waals surface area contributed by atoms with E-state index in [1.807, 2.05) is 34.0 Å². The van der Waals surface area contributed by atoms with E-state index in [0.717, 1.165) is 35.9 Å². The summed E-state index contributed by atoms with van der Waals surface area (Å²) in [5, 5.41) is 2.04. The predicted molar refractivity (Wildman–Crippen MR) is 99.5 cm³/mol. The summed E-state index contributed by atoms with van der Waals surface area (Å²) in [5.41, 5.74) is 5.05. The van der Waals surface area contributed by atoms with Crippen molar-refractivity contribution in [2.24, 2.45) is 5.92 Å². The maximum Gasteiger partial charge on any atom is 0.237 e. The number of anilines is 2. The van der Waals surface area contributed by atoms with E-state index in [1.54, 1.807) is 23.1 Å². The van der Waals surface area contributed by atoms with Crippen LogP contribution < -0.4 is 9.80 Å². The minimum Gasteiger partial charge on any atom is -0.373 e. The first-order valence-corrected chi connectivity index (χ1v) is 9.80. The van der Waals surface area contributed by atoms with Gasteiger partial charge in [-0.25, -0.2) is 4.98 Å². The van der Waals surface area contributed by atoms with E-state index in [1.165, 1.54) is 0 Å². The highest BCUT2D eigenvalue weighted by Gasteiger charge is 2.26. The van der Waals surface area contributed by atoms with Crippen molar-refractivity contribution in [3.8, 4) is 0 Å². The Morgan fingerprint density at radius 1 is 1.35 bits per heavy atom. The molecule has 23 heavy (non-hydrogen) atoms. The van der Waals surface area contributed by atoms with Gasteiger partial charge in [-0.1, -0.05) is 19.1 Å². The summed E-state index contributed by atoms with van der Waals surface area (Å²) < 4.78 is 0. The second-order valence-electron chi connectivity index (χ2n) is 5.95. The number of para-hydroxylation sites is 2. The Kier molecular flexibility index (Phi) is 5.23. The fourth-order valence-electron chi connectivity index (χ4n) is 2.91. The normalized spacial score (nSPS) is 17.7. The number of aromatic nitrogens is 1.